The summed E-state index contributed by atoms with van der Waals surface area (Å²) in [5.74, 6) is 1.18. The Bertz CT molecular complexity index is 723. The molecule has 0 spiro atoms. The molecule has 0 radical (unpaired) electrons. The summed E-state index contributed by atoms with van der Waals surface area (Å²) in [6.07, 6.45) is 0.263. The summed E-state index contributed by atoms with van der Waals surface area (Å²) in [5.41, 5.74) is 7.23. The molecule has 1 amide bonds. The van der Waals surface area contributed by atoms with Gasteiger partial charge < -0.3 is 15.7 Å². The highest BCUT2D eigenvalue weighted by Crippen LogP contribution is 2.27. The number of aliphatic hydroxyl groups is 1. The number of nitrogens with two attached hydrogens (primary N) is 1. The molecule has 1 aromatic carbocycles. The van der Waals surface area contributed by atoms with E-state index in [-0.39, 0.29) is 11.8 Å². The third kappa shape index (κ3) is 2.99. The molecule has 128 valence electrons. The first-order valence-corrected chi connectivity index (χ1v) is 8.27. The van der Waals surface area contributed by atoms with Gasteiger partial charge >= 0.3 is 0 Å². The number of aliphatic hydroxyl groups excluding tert-OH is 1. The standard InChI is InChI=1S/C17H23N5O2/c1-3-22-16(13-6-4-12(5-7-13)11(2)23)19-20-17(22)21-9-8-14(10-21)15(18)24/h4-7,11,14,23H,3,8-10H2,1-2H3,(H2,18,24)/t11-,14?/m0/s1. The van der Waals surface area contributed by atoms with Gasteiger partial charge in [0.25, 0.3) is 0 Å². The second-order valence-electron chi connectivity index (χ2n) is 6.20. The van der Waals surface area contributed by atoms with Gasteiger partial charge in [0, 0.05) is 25.2 Å². The van der Waals surface area contributed by atoms with Crippen LogP contribution < -0.4 is 10.6 Å². The maximum absolute atomic E-state index is 11.4. The summed E-state index contributed by atoms with van der Waals surface area (Å²) in [6.45, 7) is 5.86. The van der Waals surface area contributed by atoms with Crippen LogP contribution in [0.1, 0.15) is 31.9 Å². The van der Waals surface area contributed by atoms with Crippen LogP contribution >= 0.6 is 0 Å². The van der Waals surface area contributed by atoms with Crippen LogP contribution in [0.4, 0.5) is 5.95 Å². The van der Waals surface area contributed by atoms with Gasteiger partial charge in [0.05, 0.1) is 12.0 Å². The van der Waals surface area contributed by atoms with E-state index in [4.69, 9.17) is 5.73 Å². The van der Waals surface area contributed by atoms with Crippen LogP contribution in [0, 0.1) is 5.92 Å². The van der Waals surface area contributed by atoms with E-state index < -0.39 is 6.10 Å². The lowest BCUT2D eigenvalue weighted by Crippen LogP contribution is -2.28. The summed E-state index contributed by atoms with van der Waals surface area (Å²) in [5, 5.41) is 18.3. The highest BCUT2D eigenvalue weighted by Gasteiger charge is 2.30. The summed E-state index contributed by atoms with van der Waals surface area (Å²) >= 11 is 0. The molecular formula is C17H23N5O2. The number of carbonyl (C=O) groups excluding carboxylic acids is 1. The van der Waals surface area contributed by atoms with Crippen LogP contribution in [0.5, 0.6) is 0 Å². The summed E-state index contributed by atoms with van der Waals surface area (Å²) in [4.78, 5) is 13.4. The van der Waals surface area contributed by atoms with Crippen molar-refractivity contribution in [3.05, 3.63) is 29.8 Å². The molecule has 1 saturated heterocycles. The van der Waals surface area contributed by atoms with Crippen molar-refractivity contribution in [3.63, 3.8) is 0 Å². The van der Waals surface area contributed by atoms with Crippen LogP contribution in [0.15, 0.2) is 24.3 Å². The lowest BCUT2D eigenvalue weighted by Gasteiger charge is -2.18. The van der Waals surface area contributed by atoms with Crippen LogP contribution in [0.3, 0.4) is 0 Å². The predicted molar refractivity (Wildman–Crippen MR) is 91.3 cm³/mol. The molecule has 2 aromatic rings. The lowest BCUT2D eigenvalue weighted by atomic mass is 10.1. The SMILES string of the molecule is CCn1c(-c2ccc([C@H](C)O)cc2)nnc1N1CCC(C(N)=O)C1. The van der Waals surface area contributed by atoms with Crippen LogP contribution in [-0.2, 0) is 11.3 Å². The highest BCUT2D eigenvalue weighted by molar-refractivity contribution is 5.78. The van der Waals surface area contributed by atoms with Gasteiger partial charge in [-0.3, -0.25) is 9.36 Å². The first kappa shape index (κ1) is 16.4. The highest BCUT2D eigenvalue weighted by atomic mass is 16.3. The fourth-order valence-corrected chi connectivity index (χ4v) is 3.12. The monoisotopic (exact) mass is 329 g/mol. The number of rotatable bonds is 5. The van der Waals surface area contributed by atoms with Gasteiger partial charge in [0.2, 0.25) is 11.9 Å². The molecule has 1 fully saturated rings. The third-order valence-corrected chi connectivity index (χ3v) is 4.57. The fraction of sp³-hybridized carbons (Fsp3) is 0.471. The molecule has 0 bridgehead atoms. The van der Waals surface area contributed by atoms with Crippen LogP contribution in [0.25, 0.3) is 11.4 Å². The van der Waals surface area contributed by atoms with E-state index in [1.807, 2.05) is 35.8 Å². The van der Waals surface area contributed by atoms with E-state index in [0.29, 0.717) is 6.54 Å². The second-order valence-corrected chi connectivity index (χ2v) is 6.20. The van der Waals surface area contributed by atoms with Gasteiger partial charge in [-0.1, -0.05) is 24.3 Å². The normalized spacial score (nSPS) is 18.8. The van der Waals surface area contributed by atoms with E-state index in [2.05, 4.69) is 15.1 Å². The van der Waals surface area contributed by atoms with Crippen molar-refractivity contribution in [1.82, 2.24) is 14.8 Å². The topological polar surface area (TPSA) is 97.3 Å². The van der Waals surface area contributed by atoms with Crippen molar-refractivity contribution < 1.29 is 9.90 Å². The molecule has 3 N–H and O–H groups in total. The Morgan fingerprint density at radius 1 is 1.38 bits per heavy atom. The number of aromatic nitrogens is 3. The molecule has 1 aliphatic rings. The van der Waals surface area contributed by atoms with E-state index in [1.165, 1.54) is 0 Å². The molecule has 1 aliphatic heterocycles. The van der Waals surface area contributed by atoms with Crippen LogP contribution in [-0.4, -0.2) is 38.9 Å². The summed E-state index contributed by atoms with van der Waals surface area (Å²) in [7, 11) is 0. The Balaban J connectivity index is 1.88. The number of carbonyl (C=O) groups is 1. The minimum Gasteiger partial charge on any atom is -0.389 e. The minimum absolute atomic E-state index is 0.124. The van der Waals surface area contributed by atoms with Crippen molar-refractivity contribution in [2.75, 3.05) is 18.0 Å². The second kappa shape index (κ2) is 6.60. The first-order valence-electron chi connectivity index (χ1n) is 8.27. The van der Waals surface area contributed by atoms with E-state index in [9.17, 15) is 9.90 Å². The van der Waals surface area contributed by atoms with E-state index >= 15 is 0 Å². The molecule has 2 heterocycles. The Labute approximate surface area is 141 Å². The number of nitrogens with zero attached hydrogens (tertiary/aromatic N) is 4. The number of anilines is 1. The Kier molecular flexibility index (Phi) is 4.53. The predicted octanol–water partition coefficient (Wildman–Crippen LogP) is 1.33. The largest absolute Gasteiger partial charge is 0.389 e. The van der Waals surface area contributed by atoms with E-state index in [1.54, 1.807) is 6.92 Å². The Morgan fingerprint density at radius 3 is 2.62 bits per heavy atom. The average molecular weight is 329 g/mol. The number of amides is 1. The van der Waals surface area contributed by atoms with Crippen molar-refractivity contribution in [1.29, 1.82) is 0 Å². The van der Waals surface area contributed by atoms with Gasteiger partial charge in [0.1, 0.15) is 0 Å². The average Bonchev–Trinajstić information content (AvgIpc) is 3.21. The lowest BCUT2D eigenvalue weighted by molar-refractivity contribution is -0.121. The summed E-state index contributed by atoms with van der Waals surface area (Å²) < 4.78 is 2.04. The zero-order chi connectivity index (χ0) is 17.3. The zero-order valence-corrected chi connectivity index (χ0v) is 14.0. The van der Waals surface area contributed by atoms with Gasteiger partial charge in [0.15, 0.2) is 5.82 Å². The molecule has 3 rings (SSSR count). The molecule has 1 unspecified atom stereocenters. The molecular weight excluding hydrogens is 306 g/mol. The summed E-state index contributed by atoms with van der Waals surface area (Å²) in [6, 6.07) is 7.68. The van der Waals surface area contributed by atoms with Gasteiger partial charge in [-0.25, -0.2) is 0 Å². The van der Waals surface area contributed by atoms with Crippen molar-refractivity contribution in [3.8, 4) is 11.4 Å². The van der Waals surface area contributed by atoms with Crippen molar-refractivity contribution in [2.24, 2.45) is 11.7 Å². The molecule has 1 aromatic heterocycles. The molecule has 2 atom stereocenters. The smallest absolute Gasteiger partial charge is 0.227 e. The first-order chi connectivity index (χ1) is 11.5. The number of primary amides is 1. The van der Waals surface area contributed by atoms with Gasteiger partial charge in [-0.05, 0) is 25.8 Å². The van der Waals surface area contributed by atoms with Crippen molar-refractivity contribution in [2.45, 2.75) is 32.9 Å². The van der Waals surface area contributed by atoms with Crippen LogP contribution in [0.2, 0.25) is 0 Å². The maximum atomic E-state index is 11.4. The maximum Gasteiger partial charge on any atom is 0.227 e. The number of hydrogen-bond donors (Lipinski definition) is 2. The quantitative estimate of drug-likeness (QED) is 0.862. The third-order valence-electron chi connectivity index (χ3n) is 4.57. The molecule has 7 heteroatoms. The van der Waals surface area contributed by atoms with Gasteiger partial charge in [-0.2, -0.15) is 0 Å². The van der Waals surface area contributed by atoms with Crippen molar-refractivity contribution >= 4 is 11.9 Å². The molecule has 0 saturated carbocycles. The Hall–Kier alpha value is -2.41. The zero-order valence-electron chi connectivity index (χ0n) is 14.0. The molecule has 0 aliphatic carbocycles. The fourth-order valence-electron chi connectivity index (χ4n) is 3.12. The number of benzene rings is 1. The molecule has 7 nitrogen and oxygen atoms in total. The molecule has 24 heavy (non-hydrogen) atoms. The Morgan fingerprint density at radius 2 is 2.08 bits per heavy atom. The minimum atomic E-state index is -0.492. The van der Waals surface area contributed by atoms with Gasteiger partial charge in [-0.15, -0.1) is 10.2 Å². The van der Waals surface area contributed by atoms with E-state index in [0.717, 1.165) is 42.4 Å². The number of hydrogen-bond acceptors (Lipinski definition) is 5.